The monoisotopic (exact) mass is 535 g/mol. The van der Waals surface area contributed by atoms with E-state index in [2.05, 4.69) is 19.2 Å². The molecular formula is C32H41NO4S. The standard InChI is InChI=1S/C28H31NO4S.C4H10/c1-19-9-7-8-12-23(19)25-17-21(18-33-20(2)22-10-5-4-6-11-22)13-14-24(25)27(30)29-26(28(31)32)15-16-34-3;1-3-4-2/h4-14,17,20,26H,15-16,18H2,1-3H3,(H,29,30)(H,31,32);3-4H2,1-2H3. The van der Waals surface area contributed by atoms with Crippen molar-refractivity contribution in [3.8, 4) is 11.1 Å². The molecule has 0 aliphatic rings. The average molecular weight is 536 g/mol. The first-order chi connectivity index (χ1) is 18.3. The van der Waals surface area contributed by atoms with Crippen LogP contribution in [0.15, 0.2) is 72.8 Å². The van der Waals surface area contributed by atoms with E-state index in [4.69, 9.17) is 4.74 Å². The Morgan fingerprint density at radius 3 is 2.21 bits per heavy atom. The summed E-state index contributed by atoms with van der Waals surface area (Å²) < 4.78 is 6.10. The predicted molar refractivity (Wildman–Crippen MR) is 159 cm³/mol. The van der Waals surface area contributed by atoms with E-state index in [0.29, 0.717) is 24.3 Å². The Kier molecular flexibility index (Phi) is 13.7. The number of ether oxygens (including phenoxy) is 1. The summed E-state index contributed by atoms with van der Waals surface area (Å²) in [6.45, 7) is 8.76. The maximum Gasteiger partial charge on any atom is 0.326 e. The van der Waals surface area contributed by atoms with E-state index in [0.717, 1.165) is 27.8 Å². The van der Waals surface area contributed by atoms with Gasteiger partial charge in [0.05, 0.1) is 12.7 Å². The largest absolute Gasteiger partial charge is 0.480 e. The number of thioether (sulfide) groups is 1. The van der Waals surface area contributed by atoms with E-state index < -0.39 is 17.9 Å². The molecule has 0 saturated carbocycles. The van der Waals surface area contributed by atoms with Gasteiger partial charge in [0.1, 0.15) is 6.04 Å². The molecule has 0 aliphatic heterocycles. The summed E-state index contributed by atoms with van der Waals surface area (Å²) in [4.78, 5) is 24.8. The van der Waals surface area contributed by atoms with Gasteiger partial charge in [-0.1, -0.05) is 87.4 Å². The number of unbranched alkanes of at least 4 members (excludes halogenated alkanes) is 1. The van der Waals surface area contributed by atoms with Crippen molar-refractivity contribution in [2.75, 3.05) is 12.0 Å². The molecule has 2 atom stereocenters. The van der Waals surface area contributed by atoms with Crippen molar-refractivity contribution in [3.63, 3.8) is 0 Å². The van der Waals surface area contributed by atoms with Gasteiger partial charge in [-0.25, -0.2) is 4.79 Å². The fraction of sp³-hybridized carbons (Fsp3) is 0.375. The molecule has 3 aromatic rings. The first-order valence-corrected chi connectivity index (χ1v) is 14.6. The number of aryl methyl sites for hydroxylation is 1. The predicted octanol–water partition coefficient (Wildman–Crippen LogP) is 7.68. The summed E-state index contributed by atoms with van der Waals surface area (Å²) in [5.74, 6) is -0.769. The van der Waals surface area contributed by atoms with Crippen LogP contribution in [0.4, 0.5) is 0 Å². The molecule has 3 rings (SSSR count). The Bertz CT molecular complexity index is 1150. The number of carbonyl (C=O) groups excluding carboxylic acids is 1. The van der Waals surface area contributed by atoms with E-state index >= 15 is 0 Å². The lowest BCUT2D eigenvalue weighted by molar-refractivity contribution is -0.139. The topological polar surface area (TPSA) is 75.6 Å². The summed E-state index contributed by atoms with van der Waals surface area (Å²) in [5.41, 5.74) is 5.21. The first-order valence-electron chi connectivity index (χ1n) is 13.2. The summed E-state index contributed by atoms with van der Waals surface area (Å²) >= 11 is 1.55. The van der Waals surface area contributed by atoms with Gasteiger partial charge in [-0.05, 0) is 72.2 Å². The second-order valence-corrected chi connectivity index (χ2v) is 10.2. The van der Waals surface area contributed by atoms with Crippen LogP contribution in [0.2, 0.25) is 0 Å². The van der Waals surface area contributed by atoms with E-state index in [1.54, 1.807) is 17.8 Å². The minimum atomic E-state index is -1.03. The molecule has 1 amide bonds. The molecule has 0 aromatic heterocycles. The molecule has 2 unspecified atom stereocenters. The van der Waals surface area contributed by atoms with Crippen LogP contribution in [0.25, 0.3) is 11.1 Å². The Hall–Kier alpha value is -3.09. The number of amides is 1. The Labute approximate surface area is 232 Å². The summed E-state index contributed by atoms with van der Waals surface area (Å²) in [5, 5.41) is 12.3. The molecule has 0 bridgehead atoms. The summed E-state index contributed by atoms with van der Waals surface area (Å²) in [6.07, 6.45) is 4.85. The van der Waals surface area contributed by atoms with Crippen LogP contribution in [0.5, 0.6) is 0 Å². The lowest BCUT2D eigenvalue weighted by Gasteiger charge is -2.18. The van der Waals surface area contributed by atoms with E-state index in [1.165, 1.54) is 12.8 Å². The zero-order valence-corrected chi connectivity index (χ0v) is 24.0. The molecule has 0 fully saturated rings. The number of carbonyl (C=O) groups is 2. The van der Waals surface area contributed by atoms with Crippen molar-refractivity contribution in [3.05, 3.63) is 95.1 Å². The molecule has 6 heteroatoms. The van der Waals surface area contributed by atoms with Crippen LogP contribution < -0.4 is 5.32 Å². The van der Waals surface area contributed by atoms with Gasteiger partial charge < -0.3 is 15.2 Å². The molecule has 2 N–H and O–H groups in total. The number of hydrogen-bond donors (Lipinski definition) is 2. The van der Waals surface area contributed by atoms with Crippen molar-refractivity contribution in [1.29, 1.82) is 0 Å². The minimum Gasteiger partial charge on any atom is -0.480 e. The quantitative estimate of drug-likeness (QED) is 0.249. The van der Waals surface area contributed by atoms with E-state index in [1.807, 2.05) is 86.8 Å². The Morgan fingerprint density at radius 1 is 0.947 bits per heavy atom. The smallest absolute Gasteiger partial charge is 0.326 e. The van der Waals surface area contributed by atoms with Gasteiger partial charge >= 0.3 is 5.97 Å². The first kappa shape index (κ1) is 31.1. The van der Waals surface area contributed by atoms with Crippen LogP contribution in [0, 0.1) is 6.92 Å². The number of benzene rings is 3. The molecule has 3 aromatic carbocycles. The maximum absolute atomic E-state index is 13.2. The van der Waals surface area contributed by atoms with E-state index in [9.17, 15) is 14.7 Å². The summed E-state index contributed by atoms with van der Waals surface area (Å²) in [6, 6.07) is 22.5. The van der Waals surface area contributed by atoms with Gasteiger partial charge in [-0.15, -0.1) is 0 Å². The molecule has 0 aliphatic carbocycles. The highest BCUT2D eigenvalue weighted by atomic mass is 32.2. The zero-order valence-electron chi connectivity index (χ0n) is 23.2. The zero-order chi connectivity index (χ0) is 27.9. The van der Waals surface area contributed by atoms with Crippen LogP contribution in [0.3, 0.4) is 0 Å². The van der Waals surface area contributed by atoms with Crippen LogP contribution >= 0.6 is 11.8 Å². The number of aliphatic carboxylic acids is 1. The van der Waals surface area contributed by atoms with Crippen molar-refractivity contribution in [1.82, 2.24) is 5.32 Å². The van der Waals surface area contributed by atoms with Crippen LogP contribution in [-0.2, 0) is 16.1 Å². The number of carboxylic acid groups (broad SMARTS) is 1. The Balaban J connectivity index is 0.00000118. The van der Waals surface area contributed by atoms with Gasteiger partial charge in [0, 0.05) is 5.56 Å². The fourth-order valence-corrected chi connectivity index (χ4v) is 4.22. The second-order valence-electron chi connectivity index (χ2n) is 9.20. The van der Waals surface area contributed by atoms with Crippen molar-refractivity contribution >= 4 is 23.6 Å². The third-order valence-electron chi connectivity index (χ3n) is 6.25. The SMILES string of the molecule is CCCC.CSCCC(NC(=O)c1ccc(COC(C)c2ccccc2)cc1-c1ccccc1C)C(=O)O. The van der Waals surface area contributed by atoms with Crippen molar-refractivity contribution in [2.24, 2.45) is 0 Å². The molecule has 204 valence electrons. The third kappa shape index (κ3) is 9.66. The minimum absolute atomic E-state index is 0.0705. The lowest BCUT2D eigenvalue weighted by Crippen LogP contribution is -2.41. The molecule has 0 saturated heterocycles. The molecule has 0 heterocycles. The lowest BCUT2D eigenvalue weighted by atomic mass is 9.93. The summed E-state index contributed by atoms with van der Waals surface area (Å²) in [7, 11) is 0. The molecule has 0 radical (unpaired) electrons. The molecule has 5 nitrogen and oxygen atoms in total. The van der Waals surface area contributed by atoms with Gasteiger partial charge in [0.25, 0.3) is 5.91 Å². The highest BCUT2D eigenvalue weighted by Crippen LogP contribution is 2.29. The number of carboxylic acids is 1. The molecular weight excluding hydrogens is 494 g/mol. The molecule has 0 spiro atoms. The third-order valence-corrected chi connectivity index (χ3v) is 6.89. The average Bonchev–Trinajstić information content (AvgIpc) is 2.94. The van der Waals surface area contributed by atoms with Crippen molar-refractivity contribution < 1.29 is 19.4 Å². The Morgan fingerprint density at radius 2 is 1.61 bits per heavy atom. The van der Waals surface area contributed by atoms with Crippen LogP contribution in [-0.4, -0.2) is 35.0 Å². The highest BCUT2D eigenvalue weighted by molar-refractivity contribution is 7.98. The number of rotatable bonds is 12. The second kappa shape index (κ2) is 16.7. The normalized spacial score (nSPS) is 12.1. The van der Waals surface area contributed by atoms with Gasteiger partial charge in [0.2, 0.25) is 0 Å². The number of nitrogens with one attached hydrogen (secondary N) is 1. The van der Waals surface area contributed by atoms with Gasteiger partial charge in [0.15, 0.2) is 0 Å². The highest BCUT2D eigenvalue weighted by Gasteiger charge is 2.23. The van der Waals surface area contributed by atoms with Gasteiger partial charge in [-0.2, -0.15) is 11.8 Å². The molecule has 38 heavy (non-hydrogen) atoms. The van der Waals surface area contributed by atoms with Crippen LogP contribution in [0.1, 0.15) is 73.2 Å². The van der Waals surface area contributed by atoms with Gasteiger partial charge in [-0.3, -0.25) is 4.79 Å². The van der Waals surface area contributed by atoms with E-state index in [-0.39, 0.29) is 6.10 Å². The fourth-order valence-electron chi connectivity index (χ4n) is 3.75. The van der Waals surface area contributed by atoms with Crippen molar-refractivity contribution in [2.45, 2.75) is 65.7 Å². The number of hydrogen-bond acceptors (Lipinski definition) is 4. The maximum atomic E-state index is 13.2.